The normalized spacial score (nSPS) is 21.9. The van der Waals surface area contributed by atoms with Crippen LogP contribution in [0.1, 0.15) is 41.6 Å². The van der Waals surface area contributed by atoms with Crippen molar-refractivity contribution in [1.82, 2.24) is 20.1 Å². The largest absolute Gasteiger partial charge is 0.383 e. The van der Waals surface area contributed by atoms with Gasteiger partial charge in [-0.2, -0.15) is 5.10 Å². The van der Waals surface area contributed by atoms with E-state index in [2.05, 4.69) is 17.1 Å². The van der Waals surface area contributed by atoms with Crippen molar-refractivity contribution >= 4 is 38.8 Å². The third kappa shape index (κ3) is 3.34. The Morgan fingerprint density at radius 3 is 3.03 bits per heavy atom. The summed E-state index contributed by atoms with van der Waals surface area (Å²) in [7, 11) is 0. The highest BCUT2D eigenvalue weighted by Gasteiger charge is 2.42. The maximum atomic E-state index is 13.3. The average Bonchev–Trinajstić information content (AvgIpc) is 3.53. The lowest BCUT2D eigenvalue weighted by atomic mass is 9.85. The molecule has 6 nitrogen and oxygen atoms in total. The fourth-order valence-electron chi connectivity index (χ4n) is 4.14. The van der Waals surface area contributed by atoms with Crippen LogP contribution >= 0.6 is 22.7 Å². The van der Waals surface area contributed by atoms with Gasteiger partial charge >= 0.3 is 0 Å². The first-order valence-corrected chi connectivity index (χ1v) is 11.7. The molecule has 30 heavy (non-hydrogen) atoms. The van der Waals surface area contributed by atoms with Crippen LogP contribution in [0.4, 0.5) is 0 Å². The molecule has 1 amide bonds. The third-order valence-electron chi connectivity index (χ3n) is 5.83. The zero-order valence-electron chi connectivity index (χ0n) is 16.5. The summed E-state index contributed by atoms with van der Waals surface area (Å²) in [5.41, 5.74) is 1.61. The molecule has 0 bridgehead atoms. The minimum atomic E-state index is -0.988. The smallest absolute Gasteiger partial charge is 0.254 e. The zero-order valence-corrected chi connectivity index (χ0v) is 18.2. The van der Waals surface area contributed by atoms with Crippen LogP contribution in [-0.2, 0) is 5.60 Å². The number of para-hydroxylation sites is 1. The molecule has 1 aliphatic rings. The monoisotopic (exact) mass is 438 g/mol. The van der Waals surface area contributed by atoms with Crippen molar-refractivity contribution < 1.29 is 9.90 Å². The van der Waals surface area contributed by atoms with E-state index in [0.29, 0.717) is 24.9 Å². The van der Waals surface area contributed by atoms with E-state index in [0.717, 1.165) is 32.1 Å². The number of piperidine rings is 1. The molecule has 2 unspecified atom stereocenters. The van der Waals surface area contributed by atoms with Gasteiger partial charge in [-0.25, -0.2) is 4.98 Å². The van der Waals surface area contributed by atoms with Gasteiger partial charge in [0, 0.05) is 47.4 Å². The first kappa shape index (κ1) is 19.4. The topological polar surface area (TPSA) is 82.1 Å². The fraction of sp³-hybridized carbons (Fsp3) is 0.318. The average molecular weight is 439 g/mol. The van der Waals surface area contributed by atoms with Gasteiger partial charge in [0.05, 0.1) is 22.0 Å². The number of H-pyrrole nitrogens is 1. The van der Waals surface area contributed by atoms with Gasteiger partial charge in [-0.1, -0.05) is 19.1 Å². The van der Waals surface area contributed by atoms with Gasteiger partial charge in [0.25, 0.3) is 5.91 Å². The van der Waals surface area contributed by atoms with Gasteiger partial charge in [-0.3, -0.25) is 9.89 Å². The number of amides is 1. The summed E-state index contributed by atoms with van der Waals surface area (Å²) in [6.07, 6.45) is 5.38. The molecule has 1 aliphatic heterocycles. The van der Waals surface area contributed by atoms with E-state index in [1.807, 2.05) is 46.8 Å². The molecule has 1 fully saturated rings. The van der Waals surface area contributed by atoms with Crippen molar-refractivity contribution in [1.29, 1.82) is 0 Å². The molecule has 4 aromatic rings. The van der Waals surface area contributed by atoms with Gasteiger partial charge in [-0.05, 0) is 24.6 Å². The Kier molecular flexibility index (Phi) is 4.92. The fourth-order valence-corrected chi connectivity index (χ4v) is 6.10. The first-order valence-electron chi connectivity index (χ1n) is 10.0. The summed E-state index contributed by atoms with van der Waals surface area (Å²) in [4.78, 5) is 20.9. The van der Waals surface area contributed by atoms with Crippen molar-refractivity contribution in [3.05, 3.63) is 58.7 Å². The second kappa shape index (κ2) is 7.61. The minimum Gasteiger partial charge on any atom is -0.383 e. The number of aromatic nitrogens is 3. The molecule has 4 heterocycles. The maximum Gasteiger partial charge on any atom is 0.254 e. The number of thiophene rings is 1. The Hall–Kier alpha value is -2.55. The van der Waals surface area contributed by atoms with E-state index < -0.39 is 5.60 Å². The van der Waals surface area contributed by atoms with E-state index in [1.54, 1.807) is 28.9 Å². The van der Waals surface area contributed by atoms with Crippen molar-refractivity contribution in [3.8, 4) is 10.4 Å². The van der Waals surface area contributed by atoms with E-state index in [-0.39, 0.29) is 11.9 Å². The molecule has 154 valence electrons. The number of hydrogen-bond donors (Lipinski definition) is 2. The second-order valence-corrected chi connectivity index (χ2v) is 9.66. The van der Waals surface area contributed by atoms with Gasteiger partial charge in [-0.15, -0.1) is 22.7 Å². The first-order chi connectivity index (χ1) is 14.6. The van der Waals surface area contributed by atoms with Crippen LogP contribution < -0.4 is 0 Å². The highest BCUT2D eigenvalue weighted by atomic mass is 32.1. The Balaban J connectivity index is 1.37. The van der Waals surface area contributed by atoms with Crippen LogP contribution in [0.5, 0.6) is 0 Å². The summed E-state index contributed by atoms with van der Waals surface area (Å²) < 4.78 is 1.08. The van der Waals surface area contributed by atoms with Crippen molar-refractivity contribution in [2.75, 3.05) is 6.54 Å². The van der Waals surface area contributed by atoms with Crippen LogP contribution in [0.25, 0.3) is 20.7 Å². The van der Waals surface area contributed by atoms with Gasteiger partial charge in [0.15, 0.2) is 0 Å². The van der Waals surface area contributed by atoms with Gasteiger partial charge < -0.3 is 10.0 Å². The summed E-state index contributed by atoms with van der Waals surface area (Å²) >= 11 is 3.09. The summed E-state index contributed by atoms with van der Waals surface area (Å²) in [5.74, 6) is 0.0270. The Bertz CT molecular complexity index is 1150. The number of fused-ring (bicyclic) bond motifs is 1. The molecule has 0 radical (unpaired) electrons. The number of aromatic amines is 1. The molecule has 5 rings (SSSR count). The van der Waals surface area contributed by atoms with E-state index in [4.69, 9.17) is 4.98 Å². The van der Waals surface area contributed by atoms with E-state index in [1.165, 1.54) is 0 Å². The van der Waals surface area contributed by atoms with Crippen LogP contribution in [0.2, 0.25) is 0 Å². The standard InChI is InChI=1S/C22H22N4O2S2/c1-2-16-10-22(28,21-25-17-5-3-4-6-18(17)30-21)7-8-26(16)20(27)14-9-19(29-13-14)15-11-23-24-12-15/h3-6,9,11-13,16,28H,2,7-8,10H2,1H3,(H,23,24). The SMILES string of the molecule is CCC1CC(O)(c2nc3ccccc3s2)CCN1C(=O)c1csc(-c2cn[nH]c2)c1. The second-order valence-electron chi connectivity index (χ2n) is 7.72. The number of nitrogens with zero attached hydrogens (tertiary/aromatic N) is 3. The zero-order chi connectivity index (χ0) is 20.7. The predicted octanol–water partition coefficient (Wildman–Crippen LogP) is 4.65. The molecule has 0 aliphatic carbocycles. The van der Waals surface area contributed by atoms with Crippen LogP contribution in [0, 0.1) is 0 Å². The highest BCUT2D eigenvalue weighted by molar-refractivity contribution is 7.18. The lowest BCUT2D eigenvalue weighted by Gasteiger charge is -2.43. The Morgan fingerprint density at radius 1 is 1.40 bits per heavy atom. The molecule has 8 heteroatoms. The van der Waals surface area contributed by atoms with Crippen molar-refractivity contribution in [2.24, 2.45) is 0 Å². The van der Waals surface area contributed by atoms with E-state index in [9.17, 15) is 9.90 Å². The molecule has 2 atom stereocenters. The van der Waals surface area contributed by atoms with Gasteiger partial charge in [0.1, 0.15) is 10.6 Å². The summed E-state index contributed by atoms with van der Waals surface area (Å²) in [6.45, 7) is 2.58. The Labute approximate surface area is 182 Å². The van der Waals surface area contributed by atoms with Crippen molar-refractivity contribution in [2.45, 2.75) is 37.8 Å². The number of benzene rings is 1. The molecule has 2 N–H and O–H groups in total. The lowest BCUT2D eigenvalue weighted by molar-refractivity contribution is -0.0444. The van der Waals surface area contributed by atoms with Crippen LogP contribution in [0.3, 0.4) is 0 Å². The number of hydrogen-bond acceptors (Lipinski definition) is 6. The molecular weight excluding hydrogens is 416 g/mol. The molecular formula is C22H22N4O2S2. The van der Waals surface area contributed by atoms with Gasteiger partial charge in [0.2, 0.25) is 0 Å². The molecule has 3 aromatic heterocycles. The van der Waals surface area contributed by atoms with Crippen molar-refractivity contribution in [3.63, 3.8) is 0 Å². The predicted molar refractivity (Wildman–Crippen MR) is 120 cm³/mol. The number of likely N-dealkylation sites (tertiary alicyclic amines) is 1. The lowest BCUT2D eigenvalue weighted by Crippen LogP contribution is -2.51. The van der Waals surface area contributed by atoms with E-state index >= 15 is 0 Å². The molecule has 0 saturated carbocycles. The molecule has 1 aromatic carbocycles. The number of rotatable bonds is 4. The number of carbonyl (C=O) groups excluding carboxylic acids is 1. The molecule has 0 spiro atoms. The van der Waals surface area contributed by atoms with Crippen LogP contribution in [-0.4, -0.2) is 43.7 Å². The quantitative estimate of drug-likeness (QED) is 0.486. The summed E-state index contributed by atoms with van der Waals surface area (Å²) in [6, 6.07) is 9.86. The molecule has 1 saturated heterocycles. The van der Waals surface area contributed by atoms with Crippen LogP contribution in [0.15, 0.2) is 48.1 Å². The third-order valence-corrected chi connectivity index (χ3v) is 8.04. The maximum absolute atomic E-state index is 13.3. The number of nitrogens with one attached hydrogen (secondary N) is 1. The highest BCUT2D eigenvalue weighted by Crippen LogP contribution is 2.41. The Morgan fingerprint density at radius 2 is 2.27 bits per heavy atom. The number of aliphatic hydroxyl groups is 1. The number of carbonyl (C=O) groups is 1. The minimum absolute atomic E-state index is 0.0270. The summed E-state index contributed by atoms with van der Waals surface area (Å²) in [5, 5.41) is 20.9. The number of thiazole rings is 1.